The minimum Gasteiger partial charge on any atom is -0.497 e. The Labute approximate surface area is 296 Å². The van der Waals surface area contributed by atoms with Crippen LogP contribution in [0, 0.1) is 13.8 Å². The molecule has 51 heavy (non-hydrogen) atoms. The molecule has 12 heteroatoms. The van der Waals surface area contributed by atoms with Crippen LogP contribution in [0.4, 0.5) is 16.2 Å². The van der Waals surface area contributed by atoms with E-state index in [2.05, 4.69) is 39.7 Å². The number of hydrogen-bond acceptors (Lipinski definition) is 7. The highest BCUT2D eigenvalue weighted by atomic mass is 16.5. The number of H-pyrrole nitrogens is 1. The number of fused-ring (bicyclic) bond motifs is 2. The molecular formula is C39H41N7O5. The first kappa shape index (κ1) is 33.6. The third-order valence-corrected chi connectivity index (χ3v) is 9.88. The van der Waals surface area contributed by atoms with Crippen LogP contribution in [-0.4, -0.2) is 82.6 Å². The van der Waals surface area contributed by atoms with Crippen molar-refractivity contribution in [2.75, 3.05) is 44.9 Å². The number of ether oxygens (including phenoxy) is 2. The van der Waals surface area contributed by atoms with Gasteiger partial charge < -0.3 is 34.9 Å². The molecule has 2 aromatic heterocycles. The van der Waals surface area contributed by atoms with E-state index in [1.807, 2.05) is 48.7 Å². The molecule has 0 radical (unpaired) electrons. The predicted molar refractivity (Wildman–Crippen MR) is 198 cm³/mol. The smallest absolute Gasteiger partial charge is 0.323 e. The maximum Gasteiger partial charge on any atom is 0.323 e. The molecule has 7 rings (SSSR count). The molecule has 2 aliphatic rings. The summed E-state index contributed by atoms with van der Waals surface area (Å²) in [5.74, 6) is 0.930. The second kappa shape index (κ2) is 13.4. The Morgan fingerprint density at radius 3 is 2.37 bits per heavy atom. The molecule has 3 N–H and O–H groups in total. The number of anilines is 2. The van der Waals surface area contributed by atoms with Crippen molar-refractivity contribution < 1.29 is 23.9 Å². The van der Waals surface area contributed by atoms with Gasteiger partial charge in [0.1, 0.15) is 11.5 Å². The minimum atomic E-state index is -0.485. The number of methoxy groups -OCH3 is 1. The molecule has 0 spiro atoms. The summed E-state index contributed by atoms with van der Waals surface area (Å²) in [5, 5.41) is 11.1. The lowest BCUT2D eigenvalue weighted by Gasteiger charge is -2.35. The van der Waals surface area contributed by atoms with Gasteiger partial charge >= 0.3 is 6.03 Å². The lowest BCUT2D eigenvalue weighted by molar-refractivity contribution is 0.0663. The second-order valence-electron chi connectivity index (χ2n) is 13.3. The molecule has 12 nitrogen and oxygen atoms in total. The van der Waals surface area contributed by atoms with Crippen LogP contribution in [0.25, 0.3) is 28.2 Å². The fraction of sp³-hybridized carbons (Fsp3) is 0.282. The number of aryl methyl sites for hydroxylation is 2. The quantitative estimate of drug-likeness (QED) is 0.164. The Morgan fingerprint density at radius 2 is 1.71 bits per heavy atom. The number of carbonyl (C=O) groups is 3. The second-order valence-corrected chi connectivity index (χ2v) is 13.3. The average molecular weight is 688 g/mol. The Morgan fingerprint density at radius 1 is 1.00 bits per heavy atom. The molecule has 3 aromatic carbocycles. The normalized spacial score (nSPS) is 15.4. The highest BCUT2D eigenvalue weighted by molar-refractivity contribution is 6.16. The molecule has 2 aliphatic heterocycles. The van der Waals surface area contributed by atoms with Crippen molar-refractivity contribution in [2.45, 2.75) is 32.7 Å². The van der Waals surface area contributed by atoms with Crippen LogP contribution < -0.4 is 20.1 Å². The van der Waals surface area contributed by atoms with Crippen molar-refractivity contribution in [1.82, 2.24) is 24.6 Å². The SMILES string of the molecule is COc1ccc2[nH]c(-c3c(C)nn(C)c3C)c(/C=C3\Oc4ccc(NC(=O)Nc5ccc(C(=O)N6CCC(N(C)C)CC6)cc5)cc4C3=O)c2c1. The Balaban J connectivity index is 1.06. The van der Waals surface area contributed by atoms with Gasteiger partial charge in [0.2, 0.25) is 5.78 Å². The third-order valence-electron chi connectivity index (χ3n) is 9.88. The van der Waals surface area contributed by atoms with Crippen LogP contribution in [0.1, 0.15) is 50.5 Å². The third kappa shape index (κ3) is 6.45. The largest absolute Gasteiger partial charge is 0.497 e. The number of piperidine rings is 1. The molecule has 0 aliphatic carbocycles. The molecule has 1 saturated heterocycles. The molecular weight excluding hydrogens is 646 g/mol. The summed E-state index contributed by atoms with van der Waals surface area (Å²) in [4.78, 5) is 47.3. The maximum atomic E-state index is 13.7. The fourth-order valence-electron chi connectivity index (χ4n) is 6.96. The summed E-state index contributed by atoms with van der Waals surface area (Å²) in [6.07, 6.45) is 3.65. The number of aromatic nitrogens is 3. The number of nitrogens with zero attached hydrogens (tertiary/aromatic N) is 4. The Bertz CT molecular complexity index is 2200. The molecule has 262 valence electrons. The standard InChI is InChI=1S/C39H41N7O5/c1-22-35(23(2)45(5)43-22)36-30(29-20-28(50-6)12-13-32(29)42-36)21-34-37(47)31-19-26(11-14-33(31)51-34)41-39(49)40-25-9-7-24(8-10-25)38(48)46-17-15-27(16-18-46)44(3)4/h7-14,19-21,27,42H,15-18H2,1-6H3,(H2,40,41,49)/b34-21-. The van der Waals surface area contributed by atoms with E-state index < -0.39 is 6.03 Å². The van der Waals surface area contributed by atoms with E-state index in [-0.39, 0.29) is 17.4 Å². The summed E-state index contributed by atoms with van der Waals surface area (Å²) in [5.41, 5.74) is 7.12. The van der Waals surface area contributed by atoms with Gasteiger partial charge in [0.15, 0.2) is 5.76 Å². The van der Waals surface area contributed by atoms with Crippen molar-refractivity contribution in [3.05, 3.63) is 94.5 Å². The number of aromatic amines is 1. The molecule has 0 atom stereocenters. The van der Waals surface area contributed by atoms with Gasteiger partial charge in [0.05, 0.1) is 24.1 Å². The van der Waals surface area contributed by atoms with Crippen LogP contribution >= 0.6 is 0 Å². The number of allylic oxidation sites excluding steroid dienone is 1. The van der Waals surface area contributed by atoms with Gasteiger partial charge in [-0.25, -0.2) is 4.79 Å². The van der Waals surface area contributed by atoms with Crippen molar-refractivity contribution in [3.63, 3.8) is 0 Å². The van der Waals surface area contributed by atoms with Gasteiger partial charge in [-0.15, -0.1) is 0 Å². The van der Waals surface area contributed by atoms with Gasteiger partial charge in [0.25, 0.3) is 5.91 Å². The number of rotatable bonds is 7. The number of Topliss-reactive ketones (excluding diaryl/α,β-unsaturated/α-hetero) is 1. The van der Waals surface area contributed by atoms with Crippen molar-refractivity contribution in [3.8, 4) is 22.8 Å². The van der Waals surface area contributed by atoms with Gasteiger partial charge in [-0.05, 0) is 108 Å². The van der Waals surface area contributed by atoms with Crippen molar-refractivity contribution >= 4 is 46.1 Å². The first-order chi connectivity index (χ1) is 24.5. The van der Waals surface area contributed by atoms with Crippen LogP contribution in [-0.2, 0) is 7.05 Å². The lowest BCUT2D eigenvalue weighted by Crippen LogP contribution is -2.44. The van der Waals surface area contributed by atoms with Gasteiger partial charge in [-0.1, -0.05) is 0 Å². The van der Waals surface area contributed by atoms with E-state index in [4.69, 9.17) is 9.47 Å². The van der Waals surface area contributed by atoms with Crippen LogP contribution in [0.2, 0.25) is 0 Å². The maximum absolute atomic E-state index is 13.7. The van der Waals surface area contributed by atoms with Gasteiger partial charge in [0, 0.05) is 70.8 Å². The Kier molecular flexibility index (Phi) is 8.86. The van der Waals surface area contributed by atoms with Crippen LogP contribution in [0.15, 0.2) is 66.4 Å². The molecule has 0 bridgehead atoms. The first-order valence-electron chi connectivity index (χ1n) is 16.9. The molecule has 4 heterocycles. The number of benzene rings is 3. The fourth-order valence-corrected chi connectivity index (χ4v) is 6.96. The Hall–Kier alpha value is -5.88. The van der Waals surface area contributed by atoms with E-state index in [9.17, 15) is 14.4 Å². The van der Waals surface area contributed by atoms with E-state index in [0.717, 1.165) is 65.0 Å². The van der Waals surface area contributed by atoms with E-state index in [0.29, 0.717) is 40.0 Å². The number of likely N-dealkylation sites (tertiary alicyclic amines) is 1. The minimum absolute atomic E-state index is 0.00963. The van der Waals surface area contributed by atoms with Gasteiger partial charge in [-0.2, -0.15) is 5.10 Å². The van der Waals surface area contributed by atoms with Crippen molar-refractivity contribution in [2.24, 2.45) is 7.05 Å². The molecule has 5 aromatic rings. The topological polar surface area (TPSA) is 134 Å². The summed E-state index contributed by atoms with van der Waals surface area (Å²) < 4.78 is 13.4. The number of ketones is 1. The molecule has 3 amide bonds. The zero-order chi connectivity index (χ0) is 36.0. The molecule has 1 fully saturated rings. The highest BCUT2D eigenvalue weighted by Gasteiger charge is 2.30. The van der Waals surface area contributed by atoms with E-state index >= 15 is 0 Å². The zero-order valence-electron chi connectivity index (χ0n) is 29.6. The average Bonchev–Trinajstić information content (AvgIpc) is 3.72. The predicted octanol–water partition coefficient (Wildman–Crippen LogP) is 6.62. The summed E-state index contributed by atoms with van der Waals surface area (Å²) in [7, 11) is 7.66. The summed E-state index contributed by atoms with van der Waals surface area (Å²) in [6.45, 7) is 5.40. The zero-order valence-corrected chi connectivity index (χ0v) is 29.6. The van der Waals surface area contributed by atoms with Gasteiger partial charge in [-0.3, -0.25) is 14.3 Å². The number of hydrogen-bond donors (Lipinski definition) is 3. The summed E-state index contributed by atoms with van der Waals surface area (Å²) in [6, 6.07) is 17.6. The number of urea groups is 1. The molecule has 0 saturated carbocycles. The van der Waals surface area contributed by atoms with Crippen LogP contribution in [0.3, 0.4) is 0 Å². The van der Waals surface area contributed by atoms with Crippen LogP contribution in [0.5, 0.6) is 11.5 Å². The van der Waals surface area contributed by atoms with Crippen molar-refractivity contribution in [1.29, 1.82) is 0 Å². The number of amides is 3. The number of nitrogens with one attached hydrogen (secondary N) is 3. The monoisotopic (exact) mass is 687 g/mol. The van der Waals surface area contributed by atoms with E-state index in [1.165, 1.54) is 0 Å². The highest BCUT2D eigenvalue weighted by Crippen LogP contribution is 2.40. The lowest BCUT2D eigenvalue weighted by atomic mass is 10.0. The first-order valence-corrected chi connectivity index (χ1v) is 16.9. The summed E-state index contributed by atoms with van der Waals surface area (Å²) >= 11 is 0. The number of carbonyl (C=O) groups excluding carboxylic acids is 3. The van der Waals surface area contributed by atoms with E-state index in [1.54, 1.807) is 55.7 Å². The molecule has 0 unspecified atom stereocenters.